The number of hydrogen-bond acceptors (Lipinski definition) is 4. The SMILES string of the molecule is C[C@]12C[C@H](c3ccc(CN4CCN(c5ccccc5)CC4)cc3)C3=C4CCC(=O)C=C4CC[C@H]3[C@@H]1CC[C@]2(O)C(F)(F)C(F)(F)F. The maximum Gasteiger partial charge on any atom is 0.456 e. The molecule has 1 saturated heterocycles. The first-order valence-corrected chi connectivity index (χ1v) is 16.6. The van der Waals surface area contributed by atoms with Crippen molar-refractivity contribution in [3.05, 3.63) is 88.5 Å². The number of anilines is 1. The van der Waals surface area contributed by atoms with E-state index in [1.165, 1.54) is 12.6 Å². The first-order chi connectivity index (χ1) is 21.8. The zero-order valence-electron chi connectivity index (χ0n) is 26.1. The smallest absolute Gasteiger partial charge is 0.383 e. The molecular weight excluding hydrogens is 599 g/mol. The van der Waals surface area contributed by atoms with E-state index in [1.807, 2.05) is 42.5 Å². The van der Waals surface area contributed by atoms with Crippen molar-refractivity contribution in [3.63, 3.8) is 0 Å². The first kappa shape index (κ1) is 31.6. The molecule has 0 radical (unpaired) electrons. The molecule has 7 rings (SSSR count). The maximum absolute atomic E-state index is 15.3. The van der Waals surface area contributed by atoms with E-state index >= 15 is 8.78 Å². The van der Waals surface area contributed by atoms with Gasteiger partial charge in [-0.15, -0.1) is 0 Å². The second-order valence-electron chi connectivity index (χ2n) is 14.3. The van der Waals surface area contributed by atoms with Crippen LogP contribution in [0.4, 0.5) is 27.6 Å². The molecule has 0 unspecified atom stereocenters. The van der Waals surface area contributed by atoms with Gasteiger partial charge in [0.1, 0.15) is 5.60 Å². The van der Waals surface area contributed by atoms with E-state index in [9.17, 15) is 23.1 Å². The number of hydrogen-bond donors (Lipinski definition) is 1. The molecule has 3 fully saturated rings. The number of piperazine rings is 1. The summed E-state index contributed by atoms with van der Waals surface area (Å²) in [5, 5.41) is 11.5. The molecule has 2 aromatic carbocycles. The minimum atomic E-state index is -5.85. The Bertz CT molecular complexity index is 1540. The van der Waals surface area contributed by atoms with Crippen LogP contribution in [0, 0.1) is 17.3 Å². The van der Waals surface area contributed by atoms with Crippen LogP contribution in [-0.4, -0.2) is 59.7 Å². The number of carbonyl (C=O) groups is 1. The highest BCUT2D eigenvalue weighted by Gasteiger charge is 2.79. The van der Waals surface area contributed by atoms with Crippen LogP contribution < -0.4 is 4.90 Å². The zero-order valence-corrected chi connectivity index (χ0v) is 26.1. The van der Waals surface area contributed by atoms with Crippen LogP contribution in [0.15, 0.2) is 77.4 Å². The lowest BCUT2D eigenvalue weighted by molar-refractivity contribution is -0.362. The van der Waals surface area contributed by atoms with Crippen LogP contribution in [0.5, 0.6) is 0 Å². The van der Waals surface area contributed by atoms with Crippen molar-refractivity contribution in [2.24, 2.45) is 17.3 Å². The summed E-state index contributed by atoms with van der Waals surface area (Å²) in [7, 11) is 0. The van der Waals surface area contributed by atoms with Crippen molar-refractivity contribution in [2.45, 2.75) is 82.0 Å². The van der Waals surface area contributed by atoms with Crippen LogP contribution in [0.2, 0.25) is 0 Å². The van der Waals surface area contributed by atoms with Gasteiger partial charge in [0, 0.05) is 56.2 Å². The molecule has 1 heterocycles. The fraction of sp³-hybridized carbons (Fsp3) is 0.541. The number of alkyl halides is 5. The van der Waals surface area contributed by atoms with Gasteiger partial charge in [0.05, 0.1) is 0 Å². The predicted octanol–water partition coefficient (Wildman–Crippen LogP) is 7.84. The van der Waals surface area contributed by atoms with Crippen molar-refractivity contribution >= 4 is 11.5 Å². The third kappa shape index (κ3) is 4.95. The third-order valence-electron chi connectivity index (χ3n) is 12.0. The zero-order chi connectivity index (χ0) is 32.5. The lowest BCUT2D eigenvalue weighted by Crippen LogP contribution is -2.65. The van der Waals surface area contributed by atoms with E-state index in [1.54, 1.807) is 6.08 Å². The molecule has 5 aliphatic rings. The van der Waals surface area contributed by atoms with Crippen LogP contribution in [-0.2, 0) is 11.3 Å². The van der Waals surface area contributed by atoms with Gasteiger partial charge in [0.2, 0.25) is 0 Å². The number of nitrogens with zero attached hydrogens (tertiary/aromatic N) is 2. The number of rotatable bonds is 5. The lowest BCUT2D eigenvalue weighted by atomic mass is 9.50. The van der Waals surface area contributed by atoms with Gasteiger partial charge in [-0.25, -0.2) is 0 Å². The normalized spacial score (nSPS) is 32.2. The number of allylic oxidation sites excluding steroid dienone is 4. The summed E-state index contributed by atoms with van der Waals surface area (Å²) in [6.45, 7) is 5.90. The molecular formula is C37H41F5N2O2. The Balaban J connectivity index is 1.19. The Morgan fingerprint density at radius 2 is 1.59 bits per heavy atom. The second-order valence-corrected chi connectivity index (χ2v) is 14.3. The van der Waals surface area contributed by atoms with Gasteiger partial charge in [0.15, 0.2) is 5.78 Å². The second kappa shape index (κ2) is 11.3. The fourth-order valence-corrected chi connectivity index (χ4v) is 9.63. The van der Waals surface area contributed by atoms with Crippen molar-refractivity contribution in [1.29, 1.82) is 0 Å². The number of fused-ring (bicyclic) bond motifs is 4. The summed E-state index contributed by atoms with van der Waals surface area (Å²) in [6, 6.07) is 18.4. The maximum atomic E-state index is 15.3. The molecule has 1 N–H and O–H groups in total. The number of para-hydroxylation sites is 1. The molecule has 0 amide bonds. The van der Waals surface area contributed by atoms with Crippen molar-refractivity contribution < 1.29 is 31.9 Å². The fourth-order valence-electron chi connectivity index (χ4n) is 9.63. The van der Waals surface area contributed by atoms with E-state index in [-0.39, 0.29) is 24.5 Å². The highest BCUT2D eigenvalue weighted by molar-refractivity contribution is 5.93. The summed E-state index contributed by atoms with van der Waals surface area (Å²) < 4.78 is 72.1. The Morgan fingerprint density at radius 3 is 2.26 bits per heavy atom. The highest BCUT2D eigenvalue weighted by Crippen LogP contribution is 2.70. The van der Waals surface area contributed by atoms with Gasteiger partial charge >= 0.3 is 12.1 Å². The largest absolute Gasteiger partial charge is 0.456 e. The van der Waals surface area contributed by atoms with Crippen molar-refractivity contribution in [1.82, 2.24) is 4.90 Å². The van der Waals surface area contributed by atoms with E-state index in [4.69, 9.17) is 0 Å². The van der Waals surface area contributed by atoms with Gasteiger partial charge in [-0.05, 0) is 90.8 Å². The van der Waals surface area contributed by atoms with E-state index in [2.05, 4.69) is 21.9 Å². The van der Waals surface area contributed by atoms with Gasteiger partial charge in [0.25, 0.3) is 0 Å². The van der Waals surface area contributed by atoms with Crippen LogP contribution >= 0.6 is 0 Å². The Morgan fingerprint density at radius 1 is 0.891 bits per heavy atom. The Kier molecular flexibility index (Phi) is 7.75. The molecule has 4 nitrogen and oxygen atoms in total. The summed E-state index contributed by atoms with van der Waals surface area (Å²) in [5.41, 5.74) is 1.52. The summed E-state index contributed by atoms with van der Waals surface area (Å²) in [4.78, 5) is 17.1. The molecule has 0 aromatic heterocycles. The van der Waals surface area contributed by atoms with Crippen LogP contribution in [0.3, 0.4) is 0 Å². The van der Waals surface area contributed by atoms with Crippen LogP contribution in [0.25, 0.3) is 0 Å². The van der Waals surface area contributed by atoms with Crippen LogP contribution in [0.1, 0.15) is 68.9 Å². The summed E-state index contributed by atoms with van der Waals surface area (Å²) in [5.74, 6) is -6.30. The molecule has 2 saturated carbocycles. The van der Waals surface area contributed by atoms with Gasteiger partial charge in [-0.3, -0.25) is 9.69 Å². The van der Waals surface area contributed by atoms with Gasteiger partial charge < -0.3 is 10.0 Å². The molecule has 46 heavy (non-hydrogen) atoms. The average Bonchev–Trinajstić information content (AvgIpc) is 3.32. The summed E-state index contributed by atoms with van der Waals surface area (Å²) >= 11 is 0. The molecule has 2 aromatic rings. The molecule has 4 aliphatic carbocycles. The Hall–Kier alpha value is -3.04. The monoisotopic (exact) mass is 640 g/mol. The Labute approximate surface area is 267 Å². The molecule has 0 spiro atoms. The van der Waals surface area contributed by atoms with E-state index in [0.717, 1.165) is 60.6 Å². The highest BCUT2D eigenvalue weighted by atomic mass is 19.4. The molecule has 9 heteroatoms. The van der Waals surface area contributed by atoms with Crippen molar-refractivity contribution in [3.8, 4) is 0 Å². The lowest BCUT2D eigenvalue weighted by Gasteiger charge is -2.56. The number of aliphatic hydroxyl groups is 1. The number of ketones is 1. The topological polar surface area (TPSA) is 43.8 Å². The van der Waals surface area contributed by atoms with Crippen molar-refractivity contribution in [2.75, 3.05) is 31.1 Å². The molecule has 5 atom stereocenters. The minimum absolute atomic E-state index is 0.00279. The average molecular weight is 641 g/mol. The standard InChI is InChI=1S/C37H41F5N2O2/c1-34-22-31(25-9-7-24(8-10-25)23-43-17-19-44(20-18-43)27-5-3-2-4-6-27)33-29-14-12-28(45)21-26(29)11-13-30(33)32(34)15-16-35(34,46)36(38,39)37(40,41)42/h2-10,21,30-32,46H,11-20,22-23H2,1H3/t30-,31+,32-,34-,35+/m0/s1. The number of benzene rings is 2. The minimum Gasteiger partial charge on any atom is -0.383 e. The van der Waals surface area contributed by atoms with Gasteiger partial charge in [-0.2, -0.15) is 22.0 Å². The third-order valence-corrected chi connectivity index (χ3v) is 12.0. The van der Waals surface area contributed by atoms with Gasteiger partial charge in [-0.1, -0.05) is 55.0 Å². The quantitative estimate of drug-likeness (QED) is 0.339. The summed E-state index contributed by atoms with van der Waals surface area (Å²) in [6.07, 6.45) is -2.52. The molecule has 1 aliphatic heterocycles. The molecule has 0 bridgehead atoms. The molecule has 246 valence electrons. The predicted molar refractivity (Wildman–Crippen MR) is 167 cm³/mol. The first-order valence-electron chi connectivity index (χ1n) is 16.6. The number of halogens is 5. The number of carbonyl (C=O) groups excluding carboxylic acids is 1. The van der Waals surface area contributed by atoms with E-state index < -0.39 is 41.4 Å². The van der Waals surface area contributed by atoms with E-state index in [0.29, 0.717) is 25.7 Å².